The molecular formula is C23H28. The second-order valence-corrected chi connectivity index (χ2v) is 4.41. The highest BCUT2D eigenvalue weighted by atomic mass is 14.1. The molecule has 0 heteroatoms. The zero-order valence-corrected chi connectivity index (χ0v) is 15.1. The Morgan fingerprint density at radius 2 is 1.13 bits per heavy atom. The van der Waals surface area contributed by atoms with Crippen LogP contribution < -0.4 is 0 Å². The highest BCUT2D eigenvalue weighted by Crippen LogP contribution is 2.29. The first-order valence-corrected chi connectivity index (χ1v) is 8.21. The van der Waals surface area contributed by atoms with Crippen molar-refractivity contribution >= 4 is 5.57 Å². The molecule has 0 spiro atoms. The van der Waals surface area contributed by atoms with Gasteiger partial charge in [0, 0.05) is 11.1 Å². The fourth-order valence-corrected chi connectivity index (χ4v) is 2.07. The minimum Gasteiger partial charge on any atom is -0.115 e. The molecule has 0 fully saturated rings. The summed E-state index contributed by atoms with van der Waals surface area (Å²) in [6.07, 6.45) is 5.68. The van der Waals surface area contributed by atoms with Crippen molar-refractivity contribution in [2.75, 3.05) is 0 Å². The number of rotatable bonds is 3. The third-order valence-corrected chi connectivity index (χ3v) is 2.95. The fraction of sp³-hybridized carbons (Fsp3) is 0.217. The van der Waals surface area contributed by atoms with Crippen LogP contribution in [-0.2, 0) is 0 Å². The van der Waals surface area contributed by atoms with E-state index in [9.17, 15) is 0 Å². The molecule has 0 unspecified atom stereocenters. The zero-order valence-electron chi connectivity index (χ0n) is 15.1. The van der Waals surface area contributed by atoms with Crippen molar-refractivity contribution in [3.8, 4) is 12.3 Å². The van der Waals surface area contributed by atoms with Crippen LogP contribution in [0.4, 0.5) is 0 Å². The van der Waals surface area contributed by atoms with E-state index in [1.54, 1.807) is 0 Å². The molecule has 0 bridgehead atoms. The summed E-state index contributed by atoms with van der Waals surface area (Å²) in [6.45, 7) is 13.9. The van der Waals surface area contributed by atoms with Crippen LogP contribution in [0.1, 0.15) is 45.7 Å². The van der Waals surface area contributed by atoms with E-state index in [1.807, 2.05) is 71.0 Å². The summed E-state index contributed by atoms with van der Waals surface area (Å²) < 4.78 is 0. The molecule has 0 nitrogen and oxygen atoms in total. The standard InChI is InChI=1S/C19H16.2C2H6/c1-4-18(15(2)3)19(16-11-7-5-8-12-16)17-13-9-6-10-14-17;2*1-2/h1,5-14H,2H2,3H3;2*1-2H3. The monoisotopic (exact) mass is 304 g/mol. The van der Waals surface area contributed by atoms with Crippen molar-refractivity contribution in [3.05, 3.63) is 89.5 Å². The predicted molar refractivity (Wildman–Crippen MR) is 105 cm³/mol. The van der Waals surface area contributed by atoms with E-state index in [1.165, 1.54) is 0 Å². The molecule has 0 aromatic heterocycles. The molecule has 0 aliphatic heterocycles. The molecule has 0 radical (unpaired) electrons. The maximum absolute atomic E-state index is 5.68. The Balaban J connectivity index is 0.00000112. The lowest BCUT2D eigenvalue weighted by atomic mass is 9.91. The first-order valence-electron chi connectivity index (χ1n) is 8.21. The molecule has 2 aromatic rings. The first-order chi connectivity index (χ1) is 11.2. The SMILES string of the molecule is C#CC(C(=C)C)=C(c1ccccc1)c1ccccc1.CC.CC. The van der Waals surface area contributed by atoms with Gasteiger partial charge in [0.25, 0.3) is 0 Å². The van der Waals surface area contributed by atoms with Gasteiger partial charge in [0.15, 0.2) is 0 Å². The lowest BCUT2D eigenvalue weighted by Gasteiger charge is -2.12. The zero-order chi connectivity index (χ0) is 17.7. The lowest BCUT2D eigenvalue weighted by molar-refractivity contribution is 1.45. The average Bonchev–Trinajstić information content (AvgIpc) is 2.64. The number of terminal acetylenes is 1. The Bertz CT molecular complexity index is 596. The summed E-state index contributed by atoms with van der Waals surface area (Å²) >= 11 is 0. The molecule has 120 valence electrons. The third kappa shape index (κ3) is 6.01. The maximum Gasteiger partial charge on any atom is 0.0350 e. The van der Waals surface area contributed by atoms with Crippen LogP contribution in [0, 0.1) is 12.3 Å². The average molecular weight is 304 g/mol. The summed E-state index contributed by atoms with van der Waals surface area (Å²) in [5.41, 5.74) is 5.06. The molecule has 0 aliphatic rings. The van der Waals surface area contributed by atoms with Gasteiger partial charge in [-0.1, -0.05) is 101 Å². The topological polar surface area (TPSA) is 0 Å². The summed E-state index contributed by atoms with van der Waals surface area (Å²) in [7, 11) is 0. The molecule has 2 aromatic carbocycles. The Kier molecular flexibility index (Phi) is 10.7. The molecule has 23 heavy (non-hydrogen) atoms. The fourth-order valence-electron chi connectivity index (χ4n) is 2.07. The van der Waals surface area contributed by atoms with E-state index in [0.29, 0.717) is 0 Å². The number of allylic oxidation sites excluding steroid dienone is 2. The van der Waals surface area contributed by atoms with E-state index in [0.717, 1.165) is 27.8 Å². The van der Waals surface area contributed by atoms with Crippen LogP contribution in [-0.4, -0.2) is 0 Å². The number of hydrogen-bond donors (Lipinski definition) is 0. The Morgan fingerprint density at radius 1 is 0.783 bits per heavy atom. The van der Waals surface area contributed by atoms with Gasteiger partial charge < -0.3 is 0 Å². The van der Waals surface area contributed by atoms with Crippen molar-refractivity contribution in [3.63, 3.8) is 0 Å². The maximum atomic E-state index is 5.68. The van der Waals surface area contributed by atoms with Gasteiger partial charge in [0.05, 0.1) is 0 Å². The van der Waals surface area contributed by atoms with Crippen molar-refractivity contribution in [2.24, 2.45) is 0 Å². The van der Waals surface area contributed by atoms with Gasteiger partial charge in [0.1, 0.15) is 0 Å². The molecule has 0 N–H and O–H groups in total. The molecule has 0 aliphatic carbocycles. The van der Waals surface area contributed by atoms with Crippen molar-refractivity contribution < 1.29 is 0 Å². The second-order valence-electron chi connectivity index (χ2n) is 4.41. The van der Waals surface area contributed by atoms with Crippen molar-refractivity contribution in [1.29, 1.82) is 0 Å². The van der Waals surface area contributed by atoms with Crippen molar-refractivity contribution in [2.45, 2.75) is 34.6 Å². The van der Waals surface area contributed by atoms with Gasteiger partial charge in [-0.15, -0.1) is 6.42 Å². The van der Waals surface area contributed by atoms with Crippen LogP contribution in [0.5, 0.6) is 0 Å². The van der Waals surface area contributed by atoms with Crippen LogP contribution in [0.2, 0.25) is 0 Å². The van der Waals surface area contributed by atoms with Crippen LogP contribution in [0.15, 0.2) is 78.4 Å². The van der Waals surface area contributed by atoms with Crippen LogP contribution in [0.3, 0.4) is 0 Å². The summed E-state index contributed by atoms with van der Waals surface area (Å²) in [5, 5.41) is 0. The van der Waals surface area contributed by atoms with E-state index in [2.05, 4.69) is 36.8 Å². The molecular weight excluding hydrogens is 276 g/mol. The van der Waals surface area contributed by atoms with E-state index < -0.39 is 0 Å². The highest BCUT2D eigenvalue weighted by molar-refractivity contribution is 5.87. The van der Waals surface area contributed by atoms with Gasteiger partial charge in [-0.2, -0.15) is 0 Å². The predicted octanol–water partition coefficient (Wildman–Crippen LogP) is 6.75. The van der Waals surface area contributed by atoms with Crippen LogP contribution in [0.25, 0.3) is 5.57 Å². The Hall–Kier alpha value is -2.52. The normalized spacial score (nSPS) is 8.35. The highest BCUT2D eigenvalue weighted by Gasteiger charge is 2.10. The van der Waals surface area contributed by atoms with Gasteiger partial charge in [-0.25, -0.2) is 0 Å². The van der Waals surface area contributed by atoms with Gasteiger partial charge >= 0.3 is 0 Å². The third-order valence-electron chi connectivity index (χ3n) is 2.95. The molecule has 0 amide bonds. The Morgan fingerprint density at radius 3 is 1.39 bits per heavy atom. The van der Waals surface area contributed by atoms with E-state index in [-0.39, 0.29) is 0 Å². The molecule has 0 atom stereocenters. The summed E-state index contributed by atoms with van der Waals surface area (Å²) in [5.74, 6) is 2.78. The molecule has 2 rings (SSSR count). The first kappa shape index (κ1) is 20.5. The molecule has 0 saturated heterocycles. The van der Waals surface area contributed by atoms with Gasteiger partial charge in [-0.3, -0.25) is 0 Å². The molecule has 0 heterocycles. The number of hydrogen-bond acceptors (Lipinski definition) is 0. The smallest absolute Gasteiger partial charge is 0.0350 e. The van der Waals surface area contributed by atoms with E-state index in [4.69, 9.17) is 6.42 Å². The largest absolute Gasteiger partial charge is 0.115 e. The van der Waals surface area contributed by atoms with Gasteiger partial charge in [-0.05, 0) is 23.6 Å². The second kappa shape index (κ2) is 12.1. The lowest BCUT2D eigenvalue weighted by Crippen LogP contribution is -1.94. The van der Waals surface area contributed by atoms with Crippen LogP contribution >= 0.6 is 0 Å². The molecule has 0 saturated carbocycles. The minimum atomic E-state index is 0.859. The summed E-state index contributed by atoms with van der Waals surface area (Å²) in [6, 6.07) is 20.4. The quantitative estimate of drug-likeness (QED) is 0.434. The minimum absolute atomic E-state index is 0.859. The number of benzene rings is 2. The Labute approximate surface area is 142 Å². The van der Waals surface area contributed by atoms with Gasteiger partial charge in [0.2, 0.25) is 0 Å². The summed E-state index contributed by atoms with van der Waals surface area (Å²) in [4.78, 5) is 0. The van der Waals surface area contributed by atoms with Crippen molar-refractivity contribution in [1.82, 2.24) is 0 Å². The van der Waals surface area contributed by atoms with E-state index >= 15 is 0 Å².